The number of aromatic nitrogens is 2. The van der Waals surface area contributed by atoms with E-state index in [1.165, 1.54) is 0 Å². The van der Waals surface area contributed by atoms with Crippen LogP contribution in [0.4, 0.5) is 0 Å². The first kappa shape index (κ1) is 14.2. The second-order valence-corrected chi connectivity index (χ2v) is 6.14. The summed E-state index contributed by atoms with van der Waals surface area (Å²) in [5.74, 6) is 2.71. The molecule has 1 N–H and O–H groups in total. The van der Waals surface area contributed by atoms with Crippen LogP contribution in [-0.2, 0) is 6.54 Å². The first-order chi connectivity index (χ1) is 11.3. The van der Waals surface area contributed by atoms with E-state index >= 15 is 0 Å². The summed E-state index contributed by atoms with van der Waals surface area (Å²) in [7, 11) is 0. The lowest BCUT2D eigenvalue weighted by molar-refractivity contribution is 0.174. The summed E-state index contributed by atoms with van der Waals surface area (Å²) in [5, 5.41) is 13.5. The van der Waals surface area contributed by atoms with E-state index in [0.717, 1.165) is 21.9 Å². The van der Waals surface area contributed by atoms with Gasteiger partial charge in [0.15, 0.2) is 11.5 Å². The van der Waals surface area contributed by atoms with E-state index in [0.29, 0.717) is 18.3 Å². The van der Waals surface area contributed by atoms with Gasteiger partial charge in [-0.25, -0.2) is 0 Å². The molecule has 0 aliphatic carbocycles. The van der Waals surface area contributed by atoms with Crippen LogP contribution in [0.3, 0.4) is 0 Å². The molecule has 3 heterocycles. The first-order valence-corrected chi connectivity index (χ1v) is 8.17. The molecule has 0 saturated heterocycles. The lowest BCUT2D eigenvalue weighted by atomic mass is 10.1. The molecule has 0 fully saturated rings. The molecule has 3 aromatic rings. The lowest BCUT2D eigenvalue weighted by Crippen LogP contribution is -2.18. The molecule has 4 rings (SSSR count). The van der Waals surface area contributed by atoms with Gasteiger partial charge in [-0.1, -0.05) is 12.1 Å². The highest BCUT2D eigenvalue weighted by molar-refractivity contribution is 7.13. The van der Waals surface area contributed by atoms with E-state index in [2.05, 4.69) is 22.4 Å². The Labute approximate surface area is 137 Å². The lowest BCUT2D eigenvalue weighted by Gasteiger charge is -2.13. The molecular formula is C16H15N3O3S. The maximum atomic E-state index is 5.67. The molecule has 1 aromatic carbocycles. The van der Waals surface area contributed by atoms with Crippen molar-refractivity contribution in [3.63, 3.8) is 0 Å². The molecule has 118 valence electrons. The molecule has 23 heavy (non-hydrogen) atoms. The largest absolute Gasteiger partial charge is 0.454 e. The number of ether oxygens (including phenoxy) is 2. The fraction of sp³-hybridized carbons (Fsp3) is 0.250. The molecule has 2 aromatic heterocycles. The standard InChI is InChI=1S/C16H15N3O3S/c1-10(11-4-5-12-13(7-11)21-9-20-12)17-8-15-18-19-16(22-15)14-3-2-6-23-14/h2-7,10,17H,8-9H2,1H3. The van der Waals surface area contributed by atoms with E-state index in [1.807, 2.05) is 35.7 Å². The quantitative estimate of drug-likeness (QED) is 0.774. The van der Waals surface area contributed by atoms with Crippen molar-refractivity contribution < 1.29 is 13.9 Å². The van der Waals surface area contributed by atoms with Gasteiger partial charge in [-0.15, -0.1) is 21.5 Å². The summed E-state index contributed by atoms with van der Waals surface area (Å²) >= 11 is 1.58. The Bertz CT molecular complexity index is 801. The van der Waals surface area contributed by atoms with E-state index < -0.39 is 0 Å². The average Bonchev–Trinajstić information content (AvgIpc) is 3.32. The zero-order valence-corrected chi connectivity index (χ0v) is 13.3. The fourth-order valence-corrected chi connectivity index (χ4v) is 3.01. The van der Waals surface area contributed by atoms with Gasteiger partial charge in [0.25, 0.3) is 5.89 Å². The molecular weight excluding hydrogens is 314 g/mol. The van der Waals surface area contributed by atoms with Gasteiger partial charge in [-0.2, -0.15) is 0 Å². The van der Waals surface area contributed by atoms with Gasteiger partial charge >= 0.3 is 0 Å². The van der Waals surface area contributed by atoms with Gasteiger partial charge < -0.3 is 19.2 Å². The third kappa shape index (κ3) is 2.93. The van der Waals surface area contributed by atoms with Crippen LogP contribution in [0.1, 0.15) is 24.4 Å². The number of hydrogen-bond donors (Lipinski definition) is 1. The predicted octanol–water partition coefficient (Wildman–Crippen LogP) is 3.38. The Morgan fingerprint density at radius 1 is 1.22 bits per heavy atom. The summed E-state index contributed by atoms with van der Waals surface area (Å²) in [6.07, 6.45) is 0. The maximum Gasteiger partial charge on any atom is 0.257 e. The molecule has 0 bridgehead atoms. The first-order valence-electron chi connectivity index (χ1n) is 7.29. The number of hydrogen-bond acceptors (Lipinski definition) is 7. The van der Waals surface area contributed by atoms with Gasteiger partial charge in [0.05, 0.1) is 11.4 Å². The monoisotopic (exact) mass is 329 g/mol. The Kier molecular flexibility index (Phi) is 3.72. The second-order valence-electron chi connectivity index (χ2n) is 5.19. The van der Waals surface area contributed by atoms with Crippen molar-refractivity contribution in [2.75, 3.05) is 6.79 Å². The summed E-state index contributed by atoms with van der Waals surface area (Å²) in [5.41, 5.74) is 1.12. The second kappa shape index (κ2) is 6.02. The molecule has 1 unspecified atom stereocenters. The molecule has 0 saturated carbocycles. The van der Waals surface area contributed by atoms with Gasteiger partial charge in [-0.05, 0) is 36.1 Å². The molecule has 0 radical (unpaired) electrons. The summed E-state index contributed by atoms with van der Waals surface area (Å²) in [6, 6.07) is 9.99. The number of fused-ring (bicyclic) bond motifs is 1. The Balaban J connectivity index is 1.41. The van der Waals surface area contributed by atoms with Crippen LogP contribution in [0, 0.1) is 0 Å². The SMILES string of the molecule is CC(NCc1nnc(-c2cccs2)o1)c1ccc2c(c1)OCO2. The Morgan fingerprint density at radius 2 is 2.13 bits per heavy atom. The number of nitrogens with one attached hydrogen (secondary N) is 1. The Hall–Kier alpha value is -2.38. The van der Waals surface area contributed by atoms with Crippen molar-refractivity contribution in [1.82, 2.24) is 15.5 Å². The van der Waals surface area contributed by atoms with E-state index in [4.69, 9.17) is 13.9 Å². The van der Waals surface area contributed by atoms with Gasteiger partial charge in [0, 0.05) is 6.04 Å². The number of benzene rings is 1. The topological polar surface area (TPSA) is 69.4 Å². The Morgan fingerprint density at radius 3 is 3.00 bits per heavy atom. The highest BCUT2D eigenvalue weighted by Gasteiger charge is 2.16. The molecule has 1 aliphatic rings. The van der Waals surface area contributed by atoms with Crippen molar-refractivity contribution >= 4 is 11.3 Å². The number of thiophene rings is 1. The van der Waals surface area contributed by atoms with Gasteiger partial charge in [-0.3, -0.25) is 0 Å². The molecule has 6 nitrogen and oxygen atoms in total. The van der Waals surface area contributed by atoms with Crippen LogP contribution in [0.15, 0.2) is 40.1 Å². The highest BCUT2D eigenvalue weighted by Crippen LogP contribution is 2.34. The highest BCUT2D eigenvalue weighted by atomic mass is 32.1. The normalized spacial score (nSPS) is 14.1. The van der Waals surface area contributed by atoms with Gasteiger partial charge in [0.2, 0.25) is 12.7 Å². The average molecular weight is 329 g/mol. The smallest absolute Gasteiger partial charge is 0.257 e. The molecule has 0 amide bonds. The van der Waals surface area contributed by atoms with Crippen molar-refractivity contribution in [2.45, 2.75) is 19.5 Å². The zero-order valence-electron chi connectivity index (χ0n) is 12.5. The predicted molar refractivity (Wildman–Crippen MR) is 85.4 cm³/mol. The molecule has 1 atom stereocenters. The van der Waals surface area contributed by atoms with Crippen LogP contribution in [0.25, 0.3) is 10.8 Å². The number of rotatable bonds is 5. The fourth-order valence-electron chi connectivity index (χ4n) is 2.37. The van der Waals surface area contributed by atoms with Gasteiger partial charge in [0.1, 0.15) is 0 Å². The minimum Gasteiger partial charge on any atom is -0.454 e. The van der Waals surface area contributed by atoms with Crippen molar-refractivity contribution in [2.24, 2.45) is 0 Å². The van der Waals surface area contributed by atoms with Crippen molar-refractivity contribution in [1.29, 1.82) is 0 Å². The van der Waals surface area contributed by atoms with Crippen molar-refractivity contribution in [3.8, 4) is 22.3 Å². The van der Waals surface area contributed by atoms with E-state index in [9.17, 15) is 0 Å². The van der Waals surface area contributed by atoms with Crippen LogP contribution >= 0.6 is 11.3 Å². The molecule has 0 spiro atoms. The van der Waals surface area contributed by atoms with E-state index in [-0.39, 0.29) is 12.8 Å². The van der Waals surface area contributed by atoms with Crippen LogP contribution in [0.2, 0.25) is 0 Å². The minimum atomic E-state index is 0.126. The summed E-state index contributed by atoms with van der Waals surface area (Å²) in [4.78, 5) is 0.979. The maximum absolute atomic E-state index is 5.67. The third-order valence-corrected chi connectivity index (χ3v) is 4.51. The summed E-state index contributed by atoms with van der Waals surface area (Å²) in [6.45, 7) is 2.87. The number of nitrogens with zero attached hydrogens (tertiary/aromatic N) is 2. The molecule has 1 aliphatic heterocycles. The molecule has 7 heteroatoms. The minimum absolute atomic E-state index is 0.126. The van der Waals surface area contributed by atoms with E-state index in [1.54, 1.807) is 11.3 Å². The zero-order chi connectivity index (χ0) is 15.6. The van der Waals surface area contributed by atoms with Crippen LogP contribution in [-0.4, -0.2) is 17.0 Å². The van der Waals surface area contributed by atoms with Crippen LogP contribution in [0.5, 0.6) is 11.5 Å². The van der Waals surface area contributed by atoms with Crippen molar-refractivity contribution in [3.05, 3.63) is 47.2 Å². The third-order valence-electron chi connectivity index (χ3n) is 3.65. The van der Waals surface area contributed by atoms with Crippen LogP contribution < -0.4 is 14.8 Å². The summed E-state index contributed by atoms with van der Waals surface area (Å²) < 4.78 is 16.4.